The number of anilines is 2. The third-order valence-corrected chi connectivity index (χ3v) is 3.51. The second-order valence-electron chi connectivity index (χ2n) is 4.14. The molecule has 2 unspecified atom stereocenters. The fraction of sp³-hybridized carbons (Fsp3) is 0.600. The van der Waals surface area contributed by atoms with E-state index in [2.05, 4.69) is 36.6 Å². The van der Waals surface area contributed by atoms with Gasteiger partial charge in [-0.3, -0.25) is 5.43 Å². The summed E-state index contributed by atoms with van der Waals surface area (Å²) in [5.74, 6) is 6.26. The number of nitrogen functional groups attached to an aromatic ring is 1. The second kappa shape index (κ2) is 5.61. The lowest BCUT2D eigenvalue weighted by Crippen LogP contribution is -2.36. The Morgan fingerprint density at radius 2 is 2.18 bits per heavy atom. The van der Waals surface area contributed by atoms with Crippen LogP contribution in [-0.4, -0.2) is 27.2 Å². The molecule has 1 aliphatic carbocycles. The zero-order valence-corrected chi connectivity index (χ0v) is 10.9. The first-order valence-corrected chi connectivity index (χ1v) is 6.44. The average molecular weight is 302 g/mol. The molecular formula is C10H16BrN5O. The third-order valence-electron chi connectivity index (χ3n) is 2.92. The lowest BCUT2D eigenvalue weighted by molar-refractivity contribution is 0.116. The predicted octanol–water partition coefficient (Wildman–Crippen LogP) is 1.24. The normalized spacial score (nSPS) is 24.4. The fourth-order valence-corrected chi connectivity index (χ4v) is 2.30. The minimum atomic E-state index is -0.320. The number of aliphatic hydroxyl groups is 1. The van der Waals surface area contributed by atoms with Crippen LogP contribution in [-0.2, 0) is 0 Å². The van der Waals surface area contributed by atoms with Gasteiger partial charge in [-0.1, -0.05) is 12.8 Å². The minimum Gasteiger partial charge on any atom is -0.391 e. The molecule has 1 aliphatic rings. The Balaban J connectivity index is 2.11. The molecular weight excluding hydrogens is 286 g/mol. The van der Waals surface area contributed by atoms with Crippen molar-refractivity contribution in [1.29, 1.82) is 0 Å². The van der Waals surface area contributed by atoms with E-state index >= 15 is 0 Å². The molecule has 1 fully saturated rings. The van der Waals surface area contributed by atoms with Gasteiger partial charge in [-0.25, -0.2) is 10.8 Å². The molecule has 1 aromatic heterocycles. The quantitative estimate of drug-likeness (QED) is 0.495. The Labute approximate surface area is 108 Å². The van der Waals surface area contributed by atoms with Crippen molar-refractivity contribution in [2.45, 2.75) is 37.8 Å². The van der Waals surface area contributed by atoms with Crippen molar-refractivity contribution >= 4 is 27.7 Å². The lowest BCUT2D eigenvalue weighted by atomic mass is 9.93. The van der Waals surface area contributed by atoms with Crippen LogP contribution in [0.3, 0.4) is 0 Å². The van der Waals surface area contributed by atoms with E-state index in [0.29, 0.717) is 11.8 Å². The van der Waals surface area contributed by atoms with Crippen LogP contribution in [0.15, 0.2) is 10.7 Å². The summed E-state index contributed by atoms with van der Waals surface area (Å²) in [7, 11) is 0. The number of aromatic nitrogens is 2. The van der Waals surface area contributed by atoms with Gasteiger partial charge in [0.1, 0.15) is 5.82 Å². The maximum Gasteiger partial charge on any atom is 0.239 e. The number of nitrogens with two attached hydrogens (primary N) is 1. The third kappa shape index (κ3) is 3.05. The topological polar surface area (TPSA) is 96.1 Å². The van der Waals surface area contributed by atoms with E-state index in [0.717, 1.165) is 30.2 Å². The van der Waals surface area contributed by atoms with Gasteiger partial charge < -0.3 is 10.4 Å². The second-order valence-corrected chi connectivity index (χ2v) is 4.99. The standard InChI is InChI=1S/C10H16BrN5O/c11-6-5-13-10(16-12)15-9(6)14-7-3-1-2-4-8(7)17/h5,7-8,17H,1-4,12H2,(H2,13,14,15,16). The van der Waals surface area contributed by atoms with Crippen molar-refractivity contribution < 1.29 is 5.11 Å². The summed E-state index contributed by atoms with van der Waals surface area (Å²) in [6.45, 7) is 0. The van der Waals surface area contributed by atoms with Crippen LogP contribution in [0.2, 0.25) is 0 Å². The highest BCUT2D eigenvalue weighted by atomic mass is 79.9. The zero-order valence-electron chi connectivity index (χ0n) is 9.36. The monoisotopic (exact) mass is 301 g/mol. The number of nitrogens with one attached hydrogen (secondary N) is 2. The minimum absolute atomic E-state index is 0.0422. The summed E-state index contributed by atoms with van der Waals surface area (Å²) in [6, 6.07) is 0.0422. The first kappa shape index (κ1) is 12.5. The molecule has 94 valence electrons. The van der Waals surface area contributed by atoms with Gasteiger partial charge in [0.2, 0.25) is 5.95 Å². The van der Waals surface area contributed by atoms with Gasteiger partial charge >= 0.3 is 0 Å². The Hall–Kier alpha value is -0.920. The van der Waals surface area contributed by atoms with E-state index in [9.17, 15) is 5.11 Å². The molecule has 6 nitrogen and oxygen atoms in total. The molecule has 17 heavy (non-hydrogen) atoms. The van der Waals surface area contributed by atoms with Gasteiger partial charge in [0.25, 0.3) is 0 Å². The van der Waals surface area contributed by atoms with E-state index in [1.807, 2.05) is 0 Å². The SMILES string of the molecule is NNc1ncc(Br)c(NC2CCCCC2O)n1. The number of hydrogen-bond acceptors (Lipinski definition) is 6. The molecule has 1 heterocycles. The fourth-order valence-electron chi connectivity index (χ4n) is 1.99. The lowest BCUT2D eigenvalue weighted by Gasteiger charge is -2.29. The highest BCUT2D eigenvalue weighted by Gasteiger charge is 2.23. The van der Waals surface area contributed by atoms with E-state index in [1.165, 1.54) is 0 Å². The van der Waals surface area contributed by atoms with E-state index in [-0.39, 0.29) is 12.1 Å². The highest BCUT2D eigenvalue weighted by Crippen LogP contribution is 2.25. The van der Waals surface area contributed by atoms with Crippen molar-refractivity contribution in [2.24, 2.45) is 5.84 Å². The summed E-state index contributed by atoms with van der Waals surface area (Å²) in [4.78, 5) is 8.18. The maximum atomic E-state index is 9.89. The molecule has 2 atom stereocenters. The van der Waals surface area contributed by atoms with Crippen molar-refractivity contribution in [3.63, 3.8) is 0 Å². The maximum absolute atomic E-state index is 9.89. The van der Waals surface area contributed by atoms with E-state index in [1.54, 1.807) is 6.20 Å². The molecule has 0 radical (unpaired) electrons. The van der Waals surface area contributed by atoms with Crippen LogP contribution in [0.1, 0.15) is 25.7 Å². The Morgan fingerprint density at radius 1 is 1.41 bits per heavy atom. The molecule has 0 aromatic carbocycles. The van der Waals surface area contributed by atoms with Crippen molar-refractivity contribution in [3.05, 3.63) is 10.7 Å². The van der Waals surface area contributed by atoms with Gasteiger partial charge in [-0.2, -0.15) is 4.98 Å². The highest BCUT2D eigenvalue weighted by molar-refractivity contribution is 9.10. The van der Waals surface area contributed by atoms with Gasteiger partial charge in [0.15, 0.2) is 0 Å². The van der Waals surface area contributed by atoms with Gasteiger partial charge in [0, 0.05) is 6.20 Å². The smallest absolute Gasteiger partial charge is 0.239 e. The Kier molecular flexibility index (Phi) is 4.14. The Morgan fingerprint density at radius 3 is 2.88 bits per heavy atom. The number of nitrogens with zero attached hydrogens (tertiary/aromatic N) is 2. The largest absolute Gasteiger partial charge is 0.391 e. The summed E-state index contributed by atoms with van der Waals surface area (Å²) in [5.41, 5.74) is 2.40. The van der Waals surface area contributed by atoms with Gasteiger partial charge in [-0.05, 0) is 28.8 Å². The summed E-state index contributed by atoms with van der Waals surface area (Å²) < 4.78 is 0.759. The molecule has 0 spiro atoms. The number of rotatable bonds is 3. The van der Waals surface area contributed by atoms with Crippen molar-refractivity contribution in [1.82, 2.24) is 9.97 Å². The molecule has 0 bridgehead atoms. The van der Waals surface area contributed by atoms with Crippen molar-refractivity contribution in [3.8, 4) is 0 Å². The van der Waals surface area contributed by atoms with Crippen LogP contribution < -0.4 is 16.6 Å². The summed E-state index contributed by atoms with van der Waals surface area (Å²) >= 11 is 3.37. The van der Waals surface area contributed by atoms with Crippen LogP contribution in [0.5, 0.6) is 0 Å². The first-order chi connectivity index (χ1) is 8.20. The Bertz CT molecular complexity index is 389. The summed E-state index contributed by atoms with van der Waals surface area (Å²) in [6.07, 6.45) is 5.30. The van der Waals surface area contributed by atoms with E-state index in [4.69, 9.17) is 5.84 Å². The van der Waals surface area contributed by atoms with Crippen LogP contribution in [0, 0.1) is 0 Å². The molecule has 7 heteroatoms. The zero-order chi connectivity index (χ0) is 12.3. The molecule has 1 aromatic rings. The molecule has 2 rings (SSSR count). The molecule has 0 amide bonds. The van der Waals surface area contributed by atoms with Gasteiger partial charge in [0.05, 0.1) is 16.6 Å². The van der Waals surface area contributed by atoms with Crippen LogP contribution >= 0.6 is 15.9 Å². The number of halogens is 1. The molecule has 0 saturated heterocycles. The first-order valence-electron chi connectivity index (χ1n) is 5.64. The number of hydrazine groups is 1. The number of hydrogen-bond donors (Lipinski definition) is 4. The van der Waals surface area contributed by atoms with Crippen LogP contribution in [0.4, 0.5) is 11.8 Å². The molecule has 1 saturated carbocycles. The average Bonchev–Trinajstić information content (AvgIpc) is 2.35. The van der Waals surface area contributed by atoms with E-state index < -0.39 is 0 Å². The van der Waals surface area contributed by atoms with Crippen molar-refractivity contribution in [2.75, 3.05) is 10.7 Å². The molecule has 0 aliphatic heterocycles. The van der Waals surface area contributed by atoms with Gasteiger partial charge in [-0.15, -0.1) is 0 Å². The summed E-state index contributed by atoms with van der Waals surface area (Å²) in [5, 5.41) is 13.1. The predicted molar refractivity (Wildman–Crippen MR) is 69.4 cm³/mol. The number of aliphatic hydroxyl groups excluding tert-OH is 1. The van der Waals surface area contributed by atoms with Crippen LogP contribution in [0.25, 0.3) is 0 Å². The molecule has 5 N–H and O–H groups in total.